The van der Waals surface area contributed by atoms with Gasteiger partial charge in [-0.25, -0.2) is 0 Å². The molecule has 24 heteroatoms. The molecule has 24 nitrogen and oxygen atoms in total. The molecule has 9 aliphatic rings. The van der Waals surface area contributed by atoms with Crippen LogP contribution in [0.4, 0.5) is 0 Å². The van der Waals surface area contributed by atoms with E-state index in [0.717, 1.165) is 32.1 Å². The number of allylic oxidation sites excluding steroid dienone is 1. The molecule has 73 heavy (non-hydrogen) atoms. The van der Waals surface area contributed by atoms with Crippen molar-refractivity contribution in [2.24, 2.45) is 46.3 Å². The second-order valence-electron chi connectivity index (χ2n) is 23.2. The molecule has 420 valence electrons. The Kier molecular flexibility index (Phi) is 16.9. The van der Waals surface area contributed by atoms with Crippen molar-refractivity contribution in [2.75, 3.05) is 19.8 Å². The van der Waals surface area contributed by atoms with Crippen LogP contribution >= 0.6 is 0 Å². The van der Waals surface area contributed by atoms with Gasteiger partial charge in [0.2, 0.25) is 0 Å². The van der Waals surface area contributed by atoms with Gasteiger partial charge in [0.1, 0.15) is 85.5 Å². The van der Waals surface area contributed by atoms with Gasteiger partial charge in [0, 0.05) is 12.3 Å². The molecule has 5 aliphatic heterocycles. The molecule has 0 radical (unpaired) electrons. The number of ether oxygens (including phenoxy) is 9. The van der Waals surface area contributed by atoms with Gasteiger partial charge in [-0.05, 0) is 91.8 Å². The Morgan fingerprint density at radius 1 is 0.644 bits per heavy atom. The summed E-state index contributed by atoms with van der Waals surface area (Å²) in [7, 11) is 0. The van der Waals surface area contributed by atoms with Crippen molar-refractivity contribution < 1.29 is 119 Å². The first-order chi connectivity index (χ1) is 34.5. The summed E-state index contributed by atoms with van der Waals surface area (Å²) in [5, 5.41) is 158. The van der Waals surface area contributed by atoms with Crippen molar-refractivity contribution in [3.05, 3.63) is 11.6 Å². The van der Waals surface area contributed by atoms with Crippen LogP contribution in [0.1, 0.15) is 85.5 Å². The summed E-state index contributed by atoms with van der Waals surface area (Å²) in [6.07, 6.45) is -26.3. The van der Waals surface area contributed by atoms with Gasteiger partial charge in [-0.3, -0.25) is 0 Å². The van der Waals surface area contributed by atoms with Gasteiger partial charge in [-0.15, -0.1) is 0 Å². The van der Waals surface area contributed by atoms with Crippen LogP contribution in [0.2, 0.25) is 0 Å². The molecule has 31 atom stereocenters. The molecule has 5 saturated heterocycles. The van der Waals surface area contributed by atoms with E-state index in [9.17, 15) is 76.6 Å². The second-order valence-corrected chi connectivity index (χ2v) is 23.2. The lowest BCUT2D eigenvalue weighted by atomic mass is 9.47. The molecule has 0 amide bonds. The van der Waals surface area contributed by atoms with Crippen molar-refractivity contribution >= 4 is 0 Å². The van der Waals surface area contributed by atoms with Crippen LogP contribution < -0.4 is 0 Å². The van der Waals surface area contributed by atoms with Crippen LogP contribution in [-0.4, -0.2) is 238 Å². The van der Waals surface area contributed by atoms with Crippen molar-refractivity contribution in [3.63, 3.8) is 0 Å². The molecule has 11 unspecified atom stereocenters. The fourth-order valence-electron chi connectivity index (χ4n) is 14.6. The van der Waals surface area contributed by atoms with E-state index in [-0.39, 0.29) is 41.3 Å². The number of aliphatic hydroxyl groups excluding tert-OH is 14. The molecule has 8 fully saturated rings. The van der Waals surface area contributed by atoms with Crippen LogP contribution in [-0.2, 0) is 42.6 Å². The predicted octanol–water partition coefficient (Wildman–Crippen LogP) is -4.12. The van der Waals surface area contributed by atoms with Gasteiger partial charge >= 0.3 is 0 Å². The summed E-state index contributed by atoms with van der Waals surface area (Å²) >= 11 is 0. The zero-order chi connectivity index (χ0) is 52.8. The normalized spacial score (nSPS) is 55.5. The Balaban J connectivity index is 0.846. The highest BCUT2D eigenvalue weighted by Gasteiger charge is 2.68. The Morgan fingerprint density at radius 3 is 1.86 bits per heavy atom. The molecule has 5 heterocycles. The van der Waals surface area contributed by atoms with Crippen LogP contribution in [0.5, 0.6) is 0 Å². The van der Waals surface area contributed by atoms with Crippen LogP contribution in [0.3, 0.4) is 0 Å². The van der Waals surface area contributed by atoms with E-state index in [1.54, 1.807) is 0 Å². The van der Waals surface area contributed by atoms with E-state index < -0.39 is 148 Å². The molecule has 4 aliphatic carbocycles. The third-order valence-corrected chi connectivity index (χ3v) is 18.9. The molecule has 0 aromatic rings. The second kappa shape index (κ2) is 21.8. The first-order valence-electron chi connectivity index (χ1n) is 26.1. The maximum absolute atomic E-state index is 12.1. The van der Waals surface area contributed by atoms with E-state index in [2.05, 4.69) is 26.8 Å². The Morgan fingerprint density at radius 2 is 1.23 bits per heavy atom. The summed E-state index contributed by atoms with van der Waals surface area (Å²) in [6.45, 7) is 7.49. The monoisotopic (exact) mass is 1050 g/mol. The predicted molar refractivity (Wildman–Crippen MR) is 242 cm³/mol. The van der Waals surface area contributed by atoms with Crippen LogP contribution in [0.25, 0.3) is 0 Å². The Labute approximate surface area is 422 Å². The number of fused-ring (bicyclic) bond motifs is 7. The summed E-state index contributed by atoms with van der Waals surface area (Å²) < 4.78 is 53.0. The first-order valence-corrected chi connectivity index (χ1v) is 26.1. The van der Waals surface area contributed by atoms with E-state index in [1.165, 1.54) is 5.57 Å². The lowest BCUT2D eigenvalue weighted by Gasteiger charge is -2.58. The third-order valence-electron chi connectivity index (χ3n) is 18.9. The van der Waals surface area contributed by atoms with E-state index in [0.29, 0.717) is 43.4 Å². The maximum Gasteiger partial charge on any atom is 0.189 e. The molecule has 0 aromatic carbocycles. The van der Waals surface area contributed by atoms with Gasteiger partial charge in [0.15, 0.2) is 43.5 Å². The zero-order valence-electron chi connectivity index (χ0n) is 41.6. The van der Waals surface area contributed by atoms with Crippen molar-refractivity contribution in [1.29, 1.82) is 0 Å². The lowest BCUT2D eigenvalue weighted by Crippen LogP contribution is -2.67. The smallest absolute Gasteiger partial charge is 0.189 e. The van der Waals surface area contributed by atoms with Gasteiger partial charge in [-0.1, -0.05) is 39.3 Å². The largest absolute Gasteiger partial charge is 0.394 e. The third kappa shape index (κ3) is 10.1. The maximum atomic E-state index is 12.1. The zero-order valence-corrected chi connectivity index (χ0v) is 41.6. The molecular weight excluding hydrogens is 973 g/mol. The quantitative estimate of drug-likeness (QED) is 0.0735. The number of hydrogen-bond acceptors (Lipinski definition) is 24. The minimum Gasteiger partial charge on any atom is -0.394 e. The fourth-order valence-corrected chi connectivity index (χ4v) is 14.6. The summed E-state index contributed by atoms with van der Waals surface area (Å²) in [4.78, 5) is 0. The molecule has 9 rings (SSSR count). The summed E-state index contributed by atoms with van der Waals surface area (Å²) in [6, 6.07) is 0. The minimum atomic E-state index is -2.01. The minimum absolute atomic E-state index is 0.0869. The topological polar surface area (TPSA) is 387 Å². The average molecular weight is 1050 g/mol. The summed E-state index contributed by atoms with van der Waals surface area (Å²) in [5.41, 5.74) is 0.934. The van der Waals surface area contributed by atoms with Crippen LogP contribution in [0, 0.1) is 46.3 Å². The number of hydrogen-bond donors (Lipinski definition) is 15. The highest BCUT2D eigenvalue weighted by atomic mass is 16.8. The fraction of sp³-hybridized carbons (Fsp3) is 0.959. The number of rotatable bonds is 14. The van der Waals surface area contributed by atoms with Gasteiger partial charge in [0.05, 0.1) is 32.0 Å². The molecule has 3 saturated carbocycles. The van der Waals surface area contributed by atoms with Crippen molar-refractivity contribution in [2.45, 2.75) is 227 Å². The molecule has 15 N–H and O–H groups in total. The molecular formula is C49H80O24. The number of aliphatic hydroxyl groups is 15. The molecule has 0 bridgehead atoms. The van der Waals surface area contributed by atoms with Crippen molar-refractivity contribution in [1.82, 2.24) is 0 Å². The van der Waals surface area contributed by atoms with Crippen LogP contribution in [0.15, 0.2) is 11.6 Å². The highest BCUT2D eigenvalue weighted by molar-refractivity contribution is 5.26. The SMILES string of the molecule is C[C@H](CCC1(O)OC2C[C@H]3[C@@H]4CC=C5CC(O[C@@H]6OC(CO)[C@@H](O[C@@H]7OC(O)[C@H](O)C(O)[C@@H]7O)C(O)[C@@H]6O[C@@H]6OC(O)[C@H](O)C(O)[C@@H]6O)CC[C@]5(C)[C@H]4CC[C@]3(C)[C@H]2[C@@H]1C)CO[C@@H]1OC(CO)[C@@H](O)C(O)[C@@H]1O. The Hall–Kier alpha value is -1.22. The lowest BCUT2D eigenvalue weighted by molar-refractivity contribution is -0.405. The first kappa shape index (κ1) is 56.5. The van der Waals surface area contributed by atoms with Crippen molar-refractivity contribution in [3.8, 4) is 0 Å². The Bertz CT molecular complexity index is 1900. The molecule has 0 spiro atoms. The standard InChI is InChI=1S/C49H80O24/c1-18(17-65-43-35(58)30(53)29(52)26(15-50)67-43)7-12-49(64)19(2)28-25(73-49)14-24-22-6-5-20-13-21(8-10-47(20,3)23(22)9-11-48(24,28)4)66-46-40(70-45-37(60)32(55)34(57)42(63)72-45)38(61)39(27(16-51)68-46)69-44-36(59)31(54)33(56)41(62)71-44/h5,18-19,21-46,50-64H,6-17H2,1-4H3/t18-,19+,21?,22-,23+,24+,25?,26?,27?,28+,29-,30?,31?,32?,33-,34-,35+,36+,37+,38?,39-,40+,41?,42?,43-,44-,45-,46-,47+,48+,49?/m1/s1. The van der Waals surface area contributed by atoms with Gasteiger partial charge in [0.25, 0.3) is 0 Å². The van der Waals surface area contributed by atoms with Gasteiger partial charge < -0.3 is 119 Å². The van der Waals surface area contributed by atoms with E-state index in [1.807, 2.05) is 6.92 Å². The van der Waals surface area contributed by atoms with E-state index in [4.69, 9.17) is 42.6 Å². The average Bonchev–Trinajstić information content (AvgIpc) is 3.80. The molecule has 0 aromatic heterocycles. The summed E-state index contributed by atoms with van der Waals surface area (Å²) in [5.74, 6) is -0.424. The highest BCUT2D eigenvalue weighted by Crippen LogP contribution is 2.70. The van der Waals surface area contributed by atoms with Gasteiger partial charge in [-0.2, -0.15) is 0 Å². The van der Waals surface area contributed by atoms with E-state index >= 15 is 0 Å².